The molecule has 7 heteroatoms. The van der Waals surface area contributed by atoms with Crippen LogP contribution in [-0.4, -0.2) is 47.6 Å². The molecule has 0 aliphatic carbocycles. The molecule has 2 atom stereocenters. The highest BCUT2D eigenvalue weighted by Crippen LogP contribution is 2.25. The molecule has 0 saturated heterocycles. The van der Waals surface area contributed by atoms with E-state index in [2.05, 4.69) is 15.9 Å². The van der Waals surface area contributed by atoms with Crippen LogP contribution in [0.3, 0.4) is 0 Å². The lowest BCUT2D eigenvalue weighted by Gasteiger charge is -2.29. The summed E-state index contributed by atoms with van der Waals surface area (Å²) in [6.07, 6.45) is -7.09. The normalized spacial score (nSPS) is 15.6. The van der Waals surface area contributed by atoms with E-state index in [9.17, 15) is 18.3 Å². The van der Waals surface area contributed by atoms with Crippen molar-refractivity contribution in [2.45, 2.75) is 18.3 Å². The number of nitrogens with zero attached hydrogens (tertiary/aromatic N) is 1. The Hall–Kier alpha value is -0.630. The summed E-state index contributed by atoms with van der Waals surface area (Å²) in [5.41, 5.74) is 0.675. The van der Waals surface area contributed by atoms with Gasteiger partial charge in [0.05, 0.1) is 12.6 Å². The number of hydrogen-bond acceptors (Lipinski definition) is 3. The predicted molar refractivity (Wildman–Crippen MR) is 68.7 cm³/mol. The Morgan fingerprint density at radius 2 is 2.00 bits per heavy atom. The smallest absolute Gasteiger partial charge is 0.394 e. The first-order valence-corrected chi connectivity index (χ1v) is 6.36. The van der Waals surface area contributed by atoms with E-state index in [-0.39, 0.29) is 6.61 Å². The van der Waals surface area contributed by atoms with E-state index in [0.29, 0.717) is 5.56 Å². The second kappa shape index (κ2) is 6.69. The van der Waals surface area contributed by atoms with Gasteiger partial charge in [0.25, 0.3) is 0 Å². The first kappa shape index (κ1) is 16.4. The average molecular weight is 342 g/mol. The lowest BCUT2D eigenvalue weighted by Crippen LogP contribution is -2.41. The lowest BCUT2D eigenvalue weighted by atomic mass is 10.1. The molecule has 19 heavy (non-hydrogen) atoms. The van der Waals surface area contributed by atoms with Crippen LogP contribution < -0.4 is 0 Å². The molecular weight excluding hydrogens is 327 g/mol. The summed E-state index contributed by atoms with van der Waals surface area (Å²) in [5, 5.41) is 18.4. The van der Waals surface area contributed by atoms with E-state index in [1.54, 1.807) is 24.3 Å². The van der Waals surface area contributed by atoms with Crippen molar-refractivity contribution in [3.8, 4) is 0 Å². The van der Waals surface area contributed by atoms with Gasteiger partial charge in [0.15, 0.2) is 6.10 Å². The predicted octanol–water partition coefficient (Wildman–Crippen LogP) is 2.34. The average Bonchev–Trinajstić information content (AvgIpc) is 2.28. The minimum Gasteiger partial charge on any atom is -0.394 e. The monoisotopic (exact) mass is 341 g/mol. The van der Waals surface area contributed by atoms with E-state index < -0.39 is 24.9 Å². The number of alkyl halides is 3. The molecule has 3 nitrogen and oxygen atoms in total. The second-order valence-corrected chi connectivity index (χ2v) is 5.17. The Balaban J connectivity index is 2.80. The number of benzene rings is 1. The molecule has 0 saturated carbocycles. The fourth-order valence-corrected chi connectivity index (χ4v) is 2.13. The van der Waals surface area contributed by atoms with Crippen LogP contribution in [0.2, 0.25) is 0 Å². The maximum Gasteiger partial charge on any atom is 0.415 e. The highest BCUT2D eigenvalue weighted by atomic mass is 79.9. The maximum atomic E-state index is 12.3. The van der Waals surface area contributed by atoms with Crippen molar-refractivity contribution in [2.24, 2.45) is 0 Å². The number of hydrogen-bond donors (Lipinski definition) is 2. The molecule has 0 fully saturated rings. The fourth-order valence-electron chi connectivity index (χ4n) is 1.72. The number of likely N-dealkylation sites (N-methyl/N-ethyl adjacent to an activating group) is 1. The van der Waals surface area contributed by atoms with Gasteiger partial charge in [-0.2, -0.15) is 13.2 Å². The molecule has 2 N–H and O–H groups in total. The van der Waals surface area contributed by atoms with E-state index >= 15 is 0 Å². The molecule has 1 aromatic rings. The van der Waals surface area contributed by atoms with Gasteiger partial charge in [0.1, 0.15) is 0 Å². The second-order valence-electron chi connectivity index (χ2n) is 4.25. The molecule has 0 bridgehead atoms. The molecule has 0 amide bonds. The summed E-state index contributed by atoms with van der Waals surface area (Å²) >= 11 is 3.26. The fraction of sp³-hybridized carbons (Fsp3) is 0.500. The van der Waals surface area contributed by atoms with E-state index in [1.165, 1.54) is 11.9 Å². The zero-order valence-corrected chi connectivity index (χ0v) is 11.8. The Morgan fingerprint density at radius 3 is 2.47 bits per heavy atom. The van der Waals surface area contributed by atoms with Gasteiger partial charge in [0, 0.05) is 11.0 Å². The summed E-state index contributed by atoms with van der Waals surface area (Å²) in [5.74, 6) is 0. The van der Waals surface area contributed by atoms with Gasteiger partial charge in [0.2, 0.25) is 0 Å². The van der Waals surface area contributed by atoms with Crippen LogP contribution in [-0.2, 0) is 0 Å². The molecule has 0 spiro atoms. The van der Waals surface area contributed by atoms with Crippen molar-refractivity contribution in [1.29, 1.82) is 0 Å². The first-order chi connectivity index (χ1) is 8.75. The third-order valence-electron chi connectivity index (χ3n) is 2.78. The van der Waals surface area contributed by atoms with Crippen molar-refractivity contribution in [1.82, 2.24) is 4.90 Å². The lowest BCUT2D eigenvalue weighted by molar-refractivity contribution is -0.209. The molecule has 0 aliphatic heterocycles. The van der Waals surface area contributed by atoms with E-state index in [1.807, 2.05) is 0 Å². The van der Waals surface area contributed by atoms with Gasteiger partial charge >= 0.3 is 6.18 Å². The van der Waals surface area contributed by atoms with Crippen LogP contribution in [0.25, 0.3) is 0 Å². The van der Waals surface area contributed by atoms with Gasteiger partial charge in [-0.1, -0.05) is 28.1 Å². The van der Waals surface area contributed by atoms with Crippen LogP contribution >= 0.6 is 15.9 Å². The van der Waals surface area contributed by atoms with Crippen LogP contribution in [0.15, 0.2) is 28.7 Å². The molecule has 0 aromatic heterocycles. The van der Waals surface area contributed by atoms with E-state index in [4.69, 9.17) is 5.11 Å². The zero-order chi connectivity index (χ0) is 14.6. The Labute approximate surface area is 117 Å². The third kappa shape index (κ3) is 4.76. The minimum atomic E-state index is -4.66. The van der Waals surface area contributed by atoms with Crippen molar-refractivity contribution in [2.75, 3.05) is 20.2 Å². The van der Waals surface area contributed by atoms with Gasteiger partial charge in [-0.15, -0.1) is 0 Å². The molecule has 108 valence electrons. The third-order valence-corrected chi connectivity index (χ3v) is 3.27. The standard InChI is InChI=1S/C12H15BrF3NO2/c1-17(6-11(19)12(14,15)16)10(7-18)8-3-2-4-9(13)5-8/h2-5,10-11,18-19H,6-7H2,1H3. The largest absolute Gasteiger partial charge is 0.415 e. The Kier molecular flexibility index (Phi) is 5.79. The van der Waals surface area contributed by atoms with Crippen molar-refractivity contribution in [3.63, 3.8) is 0 Å². The zero-order valence-electron chi connectivity index (χ0n) is 10.2. The van der Waals surface area contributed by atoms with Crippen molar-refractivity contribution >= 4 is 15.9 Å². The highest BCUT2D eigenvalue weighted by Gasteiger charge is 2.39. The number of aliphatic hydroxyl groups is 2. The summed E-state index contributed by atoms with van der Waals surface area (Å²) in [6, 6.07) is 6.34. The molecular formula is C12H15BrF3NO2. The summed E-state index contributed by atoms with van der Waals surface area (Å²) < 4.78 is 37.7. The van der Waals surface area contributed by atoms with Crippen molar-refractivity contribution < 1.29 is 23.4 Å². The molecule has 0 heterocycles. The number of rotatable bonds is 5. The Bertz CT molecular complexity index is 414. The minimum absolute atomic E-state index is 0.336. The molecule has 0 aliphatic rings. The van der Waals surface area contributed by atoms with Gasteiger partial charge in [-0.25, -0.2) is 0 Å². The summed E-state index contributed by atoms with van der Waals surface area (Å²) in [4.78, 5) is 1.28. The van der Waals surface area contributed by atoms with E-state index in [0.717, 1.165) is 4.47 Å². The number of halogens is 4. The topological polar surface area (TPSA) is 43.7 Å². The van der Waals surface area contributed by atoms with Crippen LogP contribution in [0.4, 0.5) is 13.2 Å². The number of aliphatic hydroxyl groups excluding tert-OH is 2. The maximum absolute atomic E-state index is 12.3. The molecule has 0 radical (unpaired) electrons. The summed E-state index contributed by atoms with van der Waals surface area (Å²) in [7, 11) is 1.43. The molecule has 2 unspecified atom stereocenters. The van der Waals surface area contributed by atoms with Crippen LogP contribution in [0.5, 0.6) is 0 Å². The SMILES string of the molecule is CN(CC(O)C(F)(F)F)C(CO)c1cccc(Br)c1. The van der Waals surface area contributed by atoms with Gasteiger partial charge in [-0.05, 0) is 24.7 Å². The van der Waals surface area contributed by atoms with Crippen molar-refractivity contribution in [3.05, 3.63) is 34.3 Å². The quantitative estimate of drug-likeness (QED) is 0.863. The summed E-state index contributed by atoms with van der Waals surface area (Å²) in [6.45, 7) is -0.932. The molecule has 1 aromatic carbocycles. The Morgan fingerprint density at radius 1 is 1.37 bits per heavy atom. The first-order valence-electron chi connectivity index (χ1n) is 5.57. The van der Waals surface area contributed by atoms with Gasteiger partial charge < -0.3 is 10.2 Å². The van der Waals surface area contributed by atoms with Crippen LogP contribution in [0, 0.1) is 0 Å². The highest BCUT2D eigenvalue weighted by molar-refractivity contribution is 9.10. The van der Waals surface area contributed by atoms with Gasteiger partial charge in [-0.3, -0.25) is 4.90 Å². The van der Waals surface area contributed by atoms with Crippen LogP contribution in [0.1, 0.15) is 11.6 Å². The molecule has 1 rings (SSSR count).